The van der Waals surface area contributed by atoms with Crippen molar-refractivity contribution in [1.82, 2.24) is 15.0 Å². The zero-order valence-corrected chi connectivity index (χ0v) is 18.8. The minimum Gasteiger partial charge on any atom is -0.342 e. The Morgan fingerprint density at radius 2 is 1.60 bits per heavy atom. The first-order valence-electron chi connectivity index (χ1n) is 11.1. The molecular weight excluding hydrogens is 451 g/mol. The number of aromatic nitrogens is 2. The van der Waals surface area contributed by atoms with E-state index in [1.807, 2.05) is 30.3 Å². The number of amides is 1. The van der Waals surface area contributed by atoms with Crippen molar-refractivity contribution in [1.29, 1.82) is 0 Å². The number of benzene rings is 3. The fraction of sp³-hybridized carbons (Fsp3) is 0.192. The molecule has 0 aliphatic carbocycles. The average molecular weight is 474 g/mol. The van der Waals surface area contributed by atoms with E-state index in [1.54, 1.807) is 29.2 Å². The van der Waals surface area contributed by atoms with Crippen LogP contribution in [0.3, 0.4) is 0 Å². The van der Waals surface area contributed by atoms with Gasteiger partial charge in [-0.25, -0.2) is 4.39 Å². The quantitative estimate of drug-likeness (QED) is 0.245. The molecule has 0 fully saturated rings. The molecule has 8 nitrogen and oxygen atoms in total. The summed E-state index contributed by atoms with van der Waals surface area (Å²) in [5.41, 5.74) is 2.43. The average Bonchev–Trinajstić information content (AvgIpc) is 3.35. The molecule has 35 heavy (non-hydrogen) atoms. The third-order valence-corrected chi connectivity index (χ3v) is 5.53. The lowest BCUT2D eigenvalue weighted by Crippen LogP contribution is -2.36. The maximum absolute atomic E-state index is 13.2. The highest BCUT2D eigenvalue weighted by molar-refractivity contribution is 5.78. The van der Waals surface area contributed by atoms with Crippen LogP contribution in [0.15, 0.2) is 83.4 Å². The Bertz CT molecular complexity index is 1270. The van der Waals surface area contributed by atoms with Gasteiger partial charge in [0.25, 0.3) is 5.69 Å². The number of rotatable bonds is 10. The summed E-state index contributed by atoms with van der Waals surface area (Å²) in [7, 11) is 0. The van der Waals surface area contributed by atoms with Gasteiger partial charge in [-0.3, -0.25) is 14.9 Å². The zero-order valence-electron chi connectivity index (χ0n) is 18.8. The maximum atomic E-state index is 13.2. The molecule has 4 rings (SSSR count). The van der Waals surface area contributed by atoms with Gasteiger partial charge in [0.1, 0.15) is 5.82 Å². The van der Waals surface area contributed by atoms with Gasteiger partial charge in [-0.2, -0.15) is 4.98 Å². The molecule has 0 spiro atoms. The minimum atomic E-state index is -0.474. The van der Waals surface area contributed by atoms with Gasteiger partial charge >= 0.3 is 0 Å². The van der Waals surface area contributed by atoms with Gasteiger partial charge in [0.15, 0.2) is 0 Å². The summed E-state index contributed by atoms with van der Waals surface area (Å²) >= 11 is 0. The van der Waals surface area contributed by atoms with Crippen LogP contribution in [0.2, 0.25) is 0 Å². The van der Waals surface area contributed by atoms with E-state index < -0.39 is 4.92 Å². The van der Waals surface area contributed by atoms with Crippen LogP contribution in [-0.2, 0) is 24.1 Å². The fourth-order valence-corrected chi connectivity index (χ4v) is 3.60. The van der Waals surface area contributed by atoms with E-state index in [1.165, 1.54) is 24.3 Å². The summed E-state index contributed by atoms with van der Waals surface area (Å²) in [6.45, 7) is 0.877. The molecule has 0 radical (unpaired) electrons. The predicted molar refractivity (Wildman–Crippen MR) is 127 cm³/mol. The first-order chi connectivity index (χ1) is 17.0. The maximum Gasteiger partial charge on any atom is 0.269 e. The molecule has 0 N–H and O–H groups in total. The number of carbonyl (C=O) groups excluding carboxylic acids is 1. The number of non-ortho nitro benzene ring substituents is 1. The summed E-state index contributed by atoms with van der Waals surface area (Å²) in [5.74, 6) is 0.256. The van der Waals surface area contributed by atoms with Gasteiger partial charge in [0.05, 0.1) is 11.3 Å². The van der Waals surface area contributed by atoms with Gasteiger partial charge in [-0.05, 0) is 41.8 Å². The molecular formula is C26H23FN4O4. The van der Waals surface area contributed by atoms with Gasteiger partial charge in [0, 0.05) is 37.2 Å². The fourth-order valence-electron chi connectivity index (χ4n) is 3.60. The van der Waals surface area contributed by atoms with E-state index in [9.17, 15) is 19.3 Å². The third kappa shape index (κ3) is 6.57. The van der Waals surface area contributed by atoms with Crippen molar-refractivity contribution in [2.45, 2.75) is 19.3 Å². The Kier molecular flexibility index (Phi) is 7.57. The first-order valence-corrected chi connectivity index (χ1v) is 11.1. The van der Waals surface area contributed by atoms with Crippen LogP contribution in [0.1, 0.15) is 17.0 Å². The number of nitro benzene ring substituents is 1. The van der Waals surface area contributed by atoms with Gasteiger partial charge in [0.2, 0.25) is 17.6 Å². The summed E-state index contributed by atoms with van der Waals surface area (Å²) in [6, 6.07) is 21.7. The second-order valence-corrected chi connectivity index (χ2v) is 7.99. The predicted octanol–water partition coefficient (Wildman–Crippen LogP) is 4.64. The second kappa shape index (κ2) is 11.1. The summed E-state index contributed by atoms with van der Waals surface area (Å²) < 4.78 is 18.6. The van der Waals surface area contributed by atoms with Gasteiger partial charge in [-0.1, -0.05) is 47.6 Å². The normalized spacial score (nSPS) is 10.8. The topological polar surface area (TPSA) is 102 Å². The van der Waals surface area contributed by atoms with Crippen LogP contribution in [-0.4, -0.2) is 39.0 Å². The second-order valence-electron chi connectivity index (χ2n) is 7.99. The number of halogens is 1. The van der Waals surface area contributed by atoms with Crippen LogP contribution in [0, 0.1) is 15.9 Å². The Hall–Kier alpha value is -4.40. The molecule has 0 aliphatic rings. The highest BCUT2D eigenvalue weighted by Crippen LogP contribution is 2.20. The molecule has 0 bridgehead atoms. The molecule has 1 amide bonds. The van der Waals surface area contributed by atoms with Crippen molar-refractivity contribution >= 4 is 11.6 Å². The van der Waals surface area contributed by atoms with Crippen molar-refractivity contribution in [2.24, 2.45) is 0 Å². The van der Waals surface area contributed by atoms with Crippen LogP contribution < -0.4 is 0 Å². The van der Waals surface area contributed by atoms with E-state index in [2.05, 4.69) is 10.1 Å². The van der Waals surface area contributed by atoms with Crippen molar-refractivity contribution < 1.29 is 18.6 Å². The Labute approximate surface area is 201 Å². The van der Waals surface area contributed by atoms with Crippen LogP contribution in [0.4, 0.5) is 10.1 Å². The van der Waals surface area contributed by atoms with E-state index in [4.69, 9.17) is 4.52 Å². The Balaban J connectivity index is 1.42. The largest absolute Gasteiger partial charge is 0.342 e. The first kappa shape index (κ1) is 23.7. The Morgan fingerprint density at radius 3 is 2.29 bits per heavy atom. The summed E-state index contributed by atoms with van der Waals surface area (Å²) in [6.07, 6.45) is 1.20. The zero-order chi connectivity index (χ0) is 24.6. The molecule has 9 heteroatoms. The van der Waals surface area contributed by atoms with E-state index >= 15 is 0 Å². The lowest BCUT2D eigenvalue weighted by molar-refractivity contribution is -0.384. The molecule has 1 heterocycles. The van der Waals surface area contributed by atoms with Crippen molar-refractivity contribution in [3.8, 4) is 11.4 Å². The number of carbonyl (C=O) groups is 1. The third-order valence-electron chi connectivity index (χ3n) is 5.53. The number of hydrogen-bond acceptors (Lipinski definition) is 6. The molecule has 0 atom stereocenters. The molecule has 0 saturated heterocycles. The Morgan fingerprint density at radius 1 is 0.914 bits per heavy atom. The van der Waals surface area contributed by atoms with Crippen molar-refractivity contribution in [3.05, 3.63) is 112 Å². The van der Waals surface area contributed by atoms with E-state index in [-0.39, 0.29) is 23.8 Å². The van der Waals surface area contributed by atoms with Crippen LogP contribution in [0.5, 0.6) is 0 Å². The number of hydrogen-bond donors (Lipinski definition) is 0. The number of nitrogens with zero attached hydrogens (tertiary/aromatic N) is 4. The molecule has 0 unspecified atom stereocenters. The molecule has 0 aliphatic heterocycles. The highest BCUT2D eigenvalue weighted by Gasteiger charge is 2.17. The molecule has 0 saturated carbocycles. The standard InChI is InChI=1S/C26H23FN4O4/c27-22-10-6-20(7-11-22)18-25(32)30(16-14-19-4-2-1-3-5-19)17-15-24-28-26(29-35-24)21-8-12-23(13-9-21)31(33)34/h1-13H,14-18H2. The van der Waals surface area contributed by atoms with Gasteiger partial charge < -0.3 is 9.42 Å². The van der Waals surface area contributed by atoms with Crippen molar-refractivity contribution in [3.63, 3.8) is 0 Å². The van der Waals surface area contributed by atoms with E-state index in [0.717, 1.165) is 11.1 Å². The summed E-state index contributed by atoms with van der Waals surface area (Å²) in [5, 5.41) is 14.8. The lowest BCUT2D eigenvalue weighted by atomic mass is 10.1. The summed E-state index contributed by atoms with van der Waals surface area (Å²) in [4.78, 5) is 29.5. The molecule has 4 aromatic rings. The molecule has 1 aromatic heterocycles. The smallest absolute Gasteiger partial charge is 0.269 e. The molecule has 3 aromatic carbocycles. The van der Waals surface area contributed by atoms with Crippen molar-refractivity contribution in [2.75, 3.05) is 13.1 Å². The van der Waals surface area contributed by atoms with Crippen LogP contribution >= 0.6 is 0 Å². The lowest BCUT2D eigenvalue weighted by Gasteiger charge is -2.22. The minimum absolute atomic E-state index is 0.0220. The SMILES string of the molecule is O=C(Cc1ccc(F)cc1)N(CCc1ccccc1)CCc1nc(-c2ccc([N+](=O)[O-])cc2)no1. The molecule has 178 valence electrons. The monoisotopic (exact) mass is 474 g/mol. The van der Waals surface area contributed by atoms with Gasteiger partial charge in [-0.15, -0.1) is 0 Å². The number of nitro groups is 1. The van der Waals surface area contributed by atoms with E-state index in [0.29, 0.717) is 43.2 Å². The highest BCUT2D eigenvalue weighted by atomic mass is 19.1. The van der Waals surface area contributed by atoms with Crippen LogP contribution in [0.25, 0.3) is 11.4 Å².